The molecule has 0 fully saturated rings. The Balaban J connectivity index is 2.40. The van der Waals surface area contributed by atoms with Gasteiger partial charge in [-0.25, -0.2) is 4.98 Å². The molecule has 2 aromatic heterocycles. The van der Waals surface area contributed by atoms with Crippen LogP contribution in [0.4, 0.5) is 13.2 Å². The number of nitrogens with one attached hydrogen (secondary N) is 2. The van der Waals surface area contributed by atoms with Crippen LogP contribution >= 0.6 is 0 Å². The Kier molecular flexibility index (Phi) is 3.78. The maximum Gasteiger partial charge on any atom is 0.450 e. The van der Waals surface area contributed by atoms with Gasteiger partial charge >= 0.3 is 6.18 Å². The summed E-state index contributed by atoms with van der Waals surface area (Å²) in [7, 11) is 1.37. The van der Waals surface area contributed by atoms with Gasteiger partial charge in [-0.1, -0.05) is 0 Å². The highest BCUT2D eigenvalue weighted by Gasteiger charge is 2.38. The predicted molar refractivity (Wildman–Crippen MR) is 64.4 cm³/mol. The van der Waals surface area contributed by atoms with E-state index in [2.05, 4.69) is 20.6 Å². The van der Waals surface area contributed by atoms with Crippen molar-refractivity contribution in [2.75, 3.05) is 13.6 Å². The minimum atomic E-state index is -4.72. The topological polar surface area (TPSA) is 88.4 Å². The summed E-state index contributed by atoms with van der Waals surface area (Å²) in [6.07, 6.45) is -1.42. The third-order valence-electron chi connectivity index (χ3n) is 2.60. The molecule has 21 heavy (non-hydrogen) atoms. The maximum atomic E-state index is 12.9. The molecule has 0 aliphatic carbocycles. The van der Waals surface area contributed by atoms with Crippen molar-refractivity contribution in [2.24, 2.45) is 0 Å². The van der Waals surface area contributed by atoms with E-state index >= 15 is 0 Å². The largest absolute Gasteiger partial charge is 0.450 e. The number of likely N-dealkylation sites (N-methyl/N-ethyl adjacent to an activating group) is 1. The summed E-state index contributed by atoms with van der Waals surface area (Å²) in [5.41, 5.74) is -0.543. The van der Waals surface area contributed by atoms with Crippen molar-refractivity contribution in [2.45, 2.75) is 6.18 Å². The summed E-state index contributed by atoms with van der Waals surface area (Å²) >= 11 is 0. The van der Waals surface area contributed by atoms with Crippen molar-refractivity contribution in [3.8, 4) is 0 Å². The van der Waals surface area contributed by atoms with Gasteiger partial charge in [-0.2, -0.15) is 13.2 Å². The Labute approximate surface area is 116 Å². The number of alkyl halides is 3. The lowest BCUT2D eigenvalue weighted by molar-refractivity contribution is -0.145. The fraction of sp³-hybridized carbons (Fsp3) is 0.273. The van der Waals surface area contributed by atoms with Gasteiger partial charge in [0.25, 0.3) is 5.91 Å². The summed E-state index contributed by atoms with van der Waals surface area (Å²) in [6, 6.07) is 0. The van der Waals surface area contributed by atoms with E-state index in [4.69, 9.17) is 0 Å². The van der Waals surface area contributed by atoms with E-state index in [9.17, 15) is 22.8 Å². The first-order chi connectivity index (χ1) is 9.84. The second kappa shape index (κ2) is 5.38. The molecule has 2 N–H and O–H groups in total. The molecule has 10 heteroatoms. The van der Waals surface area contributed by atoms with Gasteiger partial charge < -0.3 is 10.6 Å². The predicted octanol–water partition coefficient (Wildman–Crippen LogP) is 0.224. The van der Waals surface area contributed by atoms with Crippen LogP contribution in [-0.4, -0.2) is 39.8 Å². The second-order valence-corrected chi connectivity index (χ2v) is 3.97. The van der Waals surface area contributed by atoms with Gasteiger partial charge in [0.15, 0.2) is 5.69 Å². The molecule has 0 saturated heterocycles. The highest BCUT2D eigenvalue weighted by molar-refractivity contribution is 6.00. The molecule has 0 unspecified atom stereocenters. The summed E-state index contributed by atoms with van der Waals surface area (Å²) in [5.74, 6) is -2.61. The number of fused-ring (bicyclic) bond motifs is 1. The SMILES string of the molecule is CNC(=O)CNC(=O)c1nc(C(F)(F)F)n2ccncc12. The van der Waals surface area contributed by atoms with Crippen LogP contribution in [0.5, 0.6) is 0 Å². The van der Waals surface area contributed by atoms with Crippen molar-refractivity contribution in [3.05, 3.63) is 30.1 Å². The van der Waals surface area contributed by atoms with E-state index in [0.717, 1.165) is 23.0 Å². The van der Waals surface area contributed by atoms with Crippen molar-refractivity contribution in [1.29, 1.82) is 0 Å². The number of carbonyl (C=O) groups is 2. The van der Waals surface area contributed by atoms with Gasteiger partial charge in [-0.05, 0) is 0 Å². The molecule has 0 saturated carbocycles. The minimum Gasteiger partial charge on any atom is -0.358 e. The number of amides is 2. The summed E-state index contributed by atoms with van der Waals surface area (Å²) in [5, 5.41) is 4.45. The van der Waals surface area contributed by atoms with Crippen LogP contribution in [-0.2, 0) is 11.0 Å². The van der Waals surface area contributed by atoms with Crippen LogP contribution < -0.4 is 10.6 Å². The molecule has 0 radical (unpaired) electrons. The minimum absolute atomic E-state index is 0.0979. The Morgan fingerprint density at radius 2 is 2.10 bits per heavy atom. The van der Waals surface area contributed by atoms with Crippen LogP contribution in [0, 0.1) is 0 Å². The molecule has 112 valence electrons. The van der Waals surface area contributed by atoms with Crippen LogP contribution in [0.25, 0.3) is 5.52 Å². The molecule has 2 aromatic rings. The van der Waals surface area contributed by atoms with Crippen molar-refractivity contribution >= 4 is 17.3 Å². The van der Waals surface area contributed by atoms with Gasteiger partial charge in [-0.15, -0.1) is 0 Å². The number of hydrogen-bond donors (Lipinski definition) is 2. The lowest BCUT2D eigenvalue weighted by atomic mass is 10.3. The average Bonchev–Trinajstić information content (AvgIpc) is 2.84. The molecule has 0 aliphatic heterocycles. The summed E-state index contributed by atoms with van der Waals surface area (Å²) < 4.78 is 39.3. The third kappa shape index (κ3) is 2.93. The van der Waals surface area contributed by atoms with Crippen LogP contribution in [0.15, 0.2) is 18.6 Å². The number of hydrogen-bond acceptors (Lipinski definition) is 4. The van der Waals surface area contributed by atoms with Crippen LogP contribution in [0.2, 0.25) is 0 Å². The van der Waals surface area contributed by atoms with E-state index in [-0.39, 0.29) is 12.1 Å². The molecule has 0 spiro atoms. The molecule has 0 aliphatic rings. The maximum absolute atomic E-state index is 12.9. The molecule has 0 atom stereocenters. The monoisotopic (exact) mass is 301 g/mol. The van der Waals surface area contributed by atoms with Crippen molar-refractivity contribution < 1.29 is 22.8 Å². The van der Waals surface area contributed by atoms with Gasteiger partial charge in [0.2, 0.25) is 11.7 Å². The number of halogens is 3. The summed E-state index contributed by atoms with van der Waals surface area (Å²) in [4.78, 5) is 29.9. The first-order valence-corrected chi connectivity index (χ1v) is 5.72. The number of imidazole rings is 1. The van der Waals surface area contributed by atoms with Gasteiger partial charge in [0, 0.05) is 19.4 Å². The first kappa shape index (κ1) is 14.8. The molecule has 0 aromatic carbocycles. The fourth-order valence-corrected chi connectivity index (χ4v) is 1.64. The van der Waals surface area contributed by atoms with E-state index in [0.29, 0.717) is 0 Å². The molecule has 2 heterocycles. The molecule has 2 rings (SSSR count). The van der Waals surface area contributed by atoms with Gasteiger partial charge in [0.05, 0.1) is 18.3 Å². The van der Waals surface area contributed by atoms with Gasteiger partial charge in [-0.3, -0.25) is 19.0 Å². The highest BCUT2D eigenvalue weighted by atomic mass is 19.4. The smallest absolute Gasteiger partial charge is 0.358 e. The molecule has 0 bridgehead atoms. The molecular formula is C11H10F3N5O2. The second-order valence-electron chi connectivity index (χ2n) is 3.97. The first-order valence-electron chi connectivity index (χ1n) is 5.72. The Hall–Kier alpha value is -2.65. The number of aromatic nitrogens is 3. The van der Waals surface area contributed by atoms with Gasteiger partial charge in [0.1, 0.15) is 0 Å². The molecule has 2 amide bonds. The lowest BCUT2D eigenvalue weighted by Crippen LogP contribution is -2.35. The van der Waals surface area contributed by atoms with Crippen molar-refractivity contribution in [3.63, 3.8) is 0 Å². The van der Waals surface area contributed by atoms with E-state index in [1.807, 2.05) is 0 Å². The Morgan fingerprint density at radius 3 is 2.71 bits per heavy atom. The molecule has 7 nitrogen and oxygen atoms in total. The number of nitrogens with zero attached hydrogens (tertiary/aromatic N) is 3. The van der Waals surface area contributed by atoms with Crippen molar-refractivity contribution in [1.82, 2.24) is 25.0 Å². The standard InChI is InChI=1S/C11H10F3N5O2/c1-15-7(20)5-17-9(21)8-6-4-16-2-3-19(6)10(18-8)11(12,13)14/h2-4H,5H2,1H3,(H,15,20)(H,17,21). The van der Waals surface area contributed by atoms with E-state index in [1.165, 1.54) is 7.05 Å². The molecular weight excluding hydrogens is 291 g/mol. The zero-order valence-corrected chi connectivity index (χ0v) is 10.7. The number of carbonyl (C=O) groups excluding carboxylic acids is 2. The van der Waals surface area contributed by atoms with E-state index < -0.39 is 29.5 Å². The number of rotatable bonds is 3. The fourth-order valence-electron chi connectivity index (χ4n) is 1.64. The quantitative estimate of drug-likeness (QED) is 0.849. The average molecular weight is 301 g/mol. The Bertz CT molecular complexity index is 695. The summed E-state index contributed by atoms with van der Waals surface area (Å²) in [6.45, 7) is -0.365. The third-order valence-corrected chi connectivity index (χ3v) is 2.60. The normalized spacial score (nSPS) is 11.4. The lowest BCUT2D eigenvalue weighted by Gasteiger charge is -2.03. The zero-order valence-electron chi connectivity index (χ0n) is 10.7. The highest BCUT2D eigenvalue weighted by Crippen LogP contribution is 2.29. The van der Waals surface area contributed by atoms with Crippen LogP contribution in [0.1, 0.15) is 16.3 Å². The zero-order chi connectivity index (χ0) is 15.6. The van der Waals surface area contributed by atoms with E-state index in [1.54, 1.807) is 0 Å². The Morgan fingerprint density at radius 1 is 1.38 bits per heavy atom. The van der Waals surface area contributed by atoms with Crippen LogP contribution in [0.3, 0.4) is 0 Å².